The van der Waals surface area contributed by atoms with Crippen LogP contribution in [0, 0.1) is 10.5 Å². The third kappa shape index (κ3) is 2.03. The fourth-order valence-electron chi connectivity index (χ4n) is 1.84. The third-order valence-electron chi connectivity index (χ3n) is 2.70. The van der Waals surface area contributed by atoms with Crippen LogP contribution < -0.4 is 10.2 Å². The third-order valence-corrected chi connectivity index (χ3v) is 3.87. The van der Waals surface area contributed by atoms with Crippen molar-refractivity contribution in [2.75, 3.05) is 31.1 Å². The lowest BCUT2D eigenvalue weighted by atomic mass is 10.1. The van der Waals surface area contributed by atoms with E-state index in [-0.39, 0.29) is 0 Å². The van der Waals surface area contributed by atoms with Crippen molar-refractivity contribution in [2.24, 2.45) is 0 Å². The van der Waals surface area contributed by atoms with Crippen molar-refractivity contribution in [2.45, 2.75) is 6.92 Å². The zero-order valence-electron chi connectivity index (χ0n) is 8.39. The Bertz CT molecular complexity index is 319. The van der Waals surface area contributed by atoms with Gasteiger partial charge in [-0.15, -0.1) is 0 Å². The lowest BCUT2D eigenvalue weighted by Crippen LogP contribution is -2.43. The van der Waals surface area contributed by atoms with E-state index >= 15 is 0 Å². The molecule has 0 unspecified atom stereocenters. The largest absolute Gasteiger partial charge is 0.369 e. The molecule has 1 saturated heterocycles. The van der Waals surface area contributed by atoms with E-state index in [2.05, 4.69) is 57.9 Å². The number of piperazine rings is 1. The van der Waals surface area contributed by atoms with Gasteiger partial charge in [-0.05, 0) is 47.2 Å². The Labute approximate surface area is 98.8 Å². The Morgan fingerprint density at radius 3 is 2.71 bits per heavy atom. The van der Waals surface area contributed by atoms with Gasteiger partial charge in [0.25, 0.3) is 0 Å². The zero-order valence-corrected chi connectivity index (χ0v) is 10.5. The van der Waals surface area contributed by atoms with Gasteiger partial charge in [0.15, 0.2) is 0 Å². The van der Waals surface area contributed by atoms with Crippen molar-refractivity contribution >= 4 is 28.3 Å². The zero-order chi connectivity index (χ0) is 9.97. The van der Waals surface area contributed by atoms with E-state index in [0.29, 0.717) is 0 Å². The van der Waals surface area contributed by atoms with Gasteiger partial charge in [0.2, 0.25) is 0 Å². The maximum atomic E-state index is 3.38. The first kappa shape index (κ1) is 10.2. The number of hydrogen-bond acceptors (Lipinski definition) is 2. The Hall–Kier alpha value is -0.290. The molecule has 0 atom stereocenters. The molecular weight excluding hydrogens is 287 g/mol. The van der Waals surface area contributed by atoms with Gasteiger partial charge in [-0.3, -0.25) is 0 Å². The van der Waals surface area contributed by atoms with E-state index in [1.807, 2.05) is 0 Å². The number of nitrogens with one attached hydrogen (secondary N) is 1. The average Bonchev–Trinajstić information content (AvgIpc) is 2.23. The number of hydrogen-bond donors (Lipinski definition) is 1. The van der Waals surface area contributed by atoms with Crippen molar-refractivity contribution in [3.63, 3.8) is 0 Å². The highest BCUT2D eigenvalue weighted by atomic mass is 127. The molecule has 0 radical (unpaired) electrons. The molecule has 0 spiro atoms. The lowest BCUT2D eigenvalue weighted by Gasteiger charge is -2.30. The summed E-state index contributed by atoms with van der Waals surface area (Å²) in [5, 5.41) is 3.38. The highest BCUT2D eigenvalue weighted by Gasteiger charge is 2.12. The Balaban J connectivity index is 2.26. The molecule has 2 rings (SSSR count). The second-order valence-electron chi connectivity index (χ2n) is 3.62. The normalized spacial score (nSPS) is 17.1. The second kappa shape index (κ2) is 4.49. The molecule has 14 heavy (non-hydrogen) atoms. The quantitative estimate of drug-likeness (QED) is 0.798. The van der Waals surface area contributed by atoms with Gasteiger partial charge in [0.05, 0.1) is 0 Å². The number of halogens is 1. The van der Waals surface area contributed by atoms with Crippen molar-refractivity contribution in [3.8, 4) is 0 Å². The highest BCUT2D eigenvalue weighted by molar-refractivity contribution is 14.1. The van der Waals surface area contributed by atoms with E-state index in [1.165, 1.54) is 14.8 Å². The molecule has 0 saturated carbocycles. The highest BCUT2D eigenvalue weighted by Crippen LogP contribution is 2.24. The number of rotatable bonds is 1. The molecule has 1 aliphatic rings. The molecule has 1 aromatic rings. The van der Waals surface area contributed by atoms with E-state index in [9.17, 15) is 0 Å². The van der Waals surface area contributed by atoms with Crippen molar-refractivity contribution < 1.29 is 0 Å². The summed E-state index contributed by atoms with van der Waals surface area (Å²) in [6.07, 6.45) is 0. The van der Waals surface area contributed by atoms with Gasteiger partial charge in [-0.1, -0.05) is 6.07 Å². The van der Waals surface area contributed by atoms with Gasteiger partial charge in [-0.25, -0.2) is 0 Å². The SMILES string of the molecule is Cc1c(I)cccc1N1CCNCC1. The molecule has 0 bridgehead atoms. The molecule has 0 aliphatic carbocycles. The Morgan fingerprint density at radius 2 is 2.00 bits per heavy atom. The molecule has 1 N–H and O–H groups in total. The summed E-state index contributed by atoms with van der Waals surface area (Å²) in [4.78, 5) is 2.47. The summed E-state index contributed by atoms with van der Waals surface area (Å²) in [5.74, 6) is 0. The van der Waals surface area contributed by atoms with E-state index < -0.39 is 0 Å². The van der Waals surface area contributed by atoms with Gasteiger partial charge >= 0.3 is 0 Å². The van der Waals surface area contributed by atoms with E-state index in [1.54, 1.807) is 0 Å². The van der Waals surface area contributed by atoms with Gasteiger partial charge in [-0.2, -0.15) is 0 Å². The number of nitrogens with zero attached hydrogens (tertiary/aromatic N) is 1. The molecular formula is C11H15IN2. The van der Waals surface area contributed by atoms with Crippen LogP contribution in [-0.2, 0) is 0 Å². The standard InChI is InChI=1S/C11H15IN2/c1-9-10(12)3-2-4-11(9)14-7-5-13-6-8-14/h2-4,13H,5-8H2,1H3. The molecule has 0 amide bonds. The summed E-state index contributed by atoms with van der Waals surface area (Å²) in [7, 11) is 0. The molecule has 1 aromatic carbocycles. The summed E-state index contributed by atoms with van der Waals surface area (Å²) >= 11 is 2.40. The minimum absolute atomic E-state index is 1.10. The van der Waals surface area contributed by atoms with E-state index in [4.69, 9.17) is 0 Å². The summed E-state index contributed by atoms with van der Waals surface area (Å²) < 4.78 is 1.36. The Kier molecular flexibility index (Phi) is 3.28. The summed E-state index contributed by atoms with van der Waals surface area (Å²) in [6.45, 7) is 6.66. The van der Waals surface area contributed by atoms with Gasteiger partial charge in [0, 0.05) is 35.4 Å². The molecule has 0 aromatic heterocycles. The Morgan fingerprint density at radius 1 is 1.29 bits per heavy atom. The maximum absolute atomic E-state index is 3.38. The van der Waals surface area contributed by atoms with Crippen molar-refractivity contribution in [1.82, 2.24) is 5.32 Å². The lowest BCUT2D eigenvalue weighted by molar-refractivity contribution is 0.588. The van der Waals surface area contributed by atoms with Crippen molar-refractivity contribution in [3.05, 3.63) is 27.3 Å². The van der Waals surface area contributed by atoms with Crippen LogP contribution >= 0.6 is 22.6 Å². The van der Waals surface area contributed by atoms with Crippen LogP contribution in [0.3, 0.4) is 0 Å². The average molecular weight is 302 g/mol. The first-order chi connectivity index (χ1) is 6.79. The molecule has 1 fully saturated rings. The number of anilines is 1. The van der Waals surface area contributed by atoms with Crippen LogP contribution in [0.1, 0.15) is 5.56 Å². The minimum Gasteiger partial charge on any atom is -0.369 e. The van der Waals surface area contributed by atoms with Gasteiger partial charge in [0.1, 0.15) is 0 Å². The van der Waals surface area contributed by atoms with Crippen molar-refractivity contribution in [1.29, 1.82) is 0 Å². The van der Waals surface area contributed by atoms with Crippen LogP contribution in [0.5, 0.6) is 0 Å². The number of benzene rings is 1. The summed E-state index contributed by atoms with van der Waals surface area (Å²) in [6, 6.07) is 6.54. The molecule has 76 valence electrons. The topological polar surface area (TPSA) is 15.3 Å². The monoisotopic (exact) mass is 302 g/mol. The summed E-state index contributed by atoms with van der Waals surface area (Å²) in [5.41, 5.74) is 2.81. The van der Waals surface area contributed by atoms with Crippen LogP contribution in [0.25, 0.3) is 0 Å². The maximum Gasteiger partial charge on any atom is 0.0407 e. The minimum atomic E-state index is 1.10. The van der Waals surface area contributed by atoms with Crippen LogP contribution in [-0.4, -0.2) is 26.2 Å². The predicted molar refractivity (Wildman–Crippen MR) is 69.0 cm³/mol. The first-order valence-electron chi connectivity index (χ1n) is 5.00. The van der Waals surface area contributed by atoms with Gasteiger partial charge < -0.3 is 10.2 Å². The molecule has 3 heteroatoms. The molecule has 1 aliphatic heterocycles. The predicted octanol–water partition coefficient (Wildman–Crippen LogP) is 2.01. The second-order valence-corrected chi connectivity index (χ2v) is 4.78. The van der Waals surface area contributed by atoms with Crippen LogP contribution in [0.4, 0.5) is 5.69 Å². The fourth-order valence-corrected chi connectivity index (χ4v) is 2.33. The fraction of sp³-hybridized carbons (Fsp3) is 0.455. The van der Waals surface area contributed by atoms with E-state index in [0.717, 1.165) is 26.2 Å². The molecule has 2 nitrogen and oxygen atoms in total. The van der Waals surface area contributed by atoms with Crippen LogP contribution in [0.15, 0.2) is 18.2 Å². The molecule has 1 heterocycles. The van der Waals surface area contributed by atoms with Crippen LogP contribution in [0.2, 0.25) is 0 Å². The first-order valence-corrected chi connectivity index (χ1v) is 6.07. The smallest absolute Gasteiger partial charge is 0.0407 e.